The van der Waals surface area contributed by atoms with E-state index >= 15 is 0 Å². The monoisotopic (exact) mass is 731 g/mol. The molecule has 0 atom stereocenters. The quantitative estimate of drug-likeness (QED) is 0.141. The van der Waals surface area contributed by atoms with E-state index in [1.54, 1.807) is 0 Å². The van der Waals surface area contributed by atoms with Gasteiger partial charge in [0.2, 0.25) is 0 Å². The van der Waals surface area contributed by atoms with Gasteiger partial charge in [0.25, 0.3) is 0 Å². The Labute approximate surface area is 337 Å². The predicted octanol–water partition coefficient (Wildman–Crippen LogP) is 15.8. The minimum Gasteiger partial charge on any atom is -0.310 e. The minimum atomic E-state index is 1.10. The molecule has 0 radical (unpaired) electrons. The first kappa shape index (κ1) is 36.7. The molecule has 0 aliphatic carbocycles. The van der Waals surface area contributed by atoms with Crippen LogP contribution in [0.5, 0.6) is 0 Å². The van der Waals surface area contributed by atoms with Crippen molar-refractivity contribution in [2.45, 2.75) is 13.8 Å². The van der Waals surface area contributed by atoms with E-state index in [-0.39, 0.29) is 0 Å². The van der Waals surface area contributed by atoms with Crippen LogP contribution in [-0.2, 0) is 0 Å². The summed E-state index contributed by atoms with van der Waals surface area (Å²) in [6, 6.07) is 79.8. The van der Waals surface area contributed by atoms with E-state index in [4.69, 9.17) is 0 Å². The van der Waals surface area contributed by atoms with Crippen molar-refractivity contribution < 1.29 is 0 Å². The first-order valence-electron chi connectivity index (χ1n) is 19.6. The highest BCUT2D eigenvalue weighted by Gasteiger charge is 2.22. The molecule has 1 nitrogen and oxygen atoms in total. The van der Waals surface area contributed by atoms with Crippen LogP contribution in [0.4, 0.5) is 17.1 Å². The van der Waals surface area contributed by atoms with E-state index < -0.39 is 0 Å². The van der Waals surface area contributed by atoms with Gasteiger partial charge in [-0.2, -0.15) is 0 Å². The average Bonchev–Trinajstić information content (AvgIpc) is 3.28. The molecule has 0 saturated carbocycles. The number of hydrogen-bond acceptors (Lipinski definition) is 1. The standard InChI is InChI=1S/C49H37N.C7H8/c1-36-47(39-19-9-3-10-20-39)45-34-33-44(35-46(45)49(41-23-13-5-14-24-41)48(36)40-21-11-4-12-22-40)50(42-25-15-6-16-26-42)43-31-29-38(30-32-43)28-27-37-17-7-2-8-18-37;1-7-5-3-2-4-6-7/h2-35H,1H3;2-6H,1H3/b28-27+;. The van der Waals surface area contributed by atoms with Gasteiger partial charge in [0, 0.05) is 17.1 Å². The van der Waals surface area contributed by atoms with Crippen LogP contribution in [0.15, 0.2) is 224 Å². The Morgan fingerprint density at radius 1 is 0.316 bits per heavy atom. The maximum atomic E-state index is 2.40. The Morgan fingerprint density at radius 2 is 0.719 bits per heavy atom. The number of fused-ring (bicyclic) bond motifs is 1. The lowest BCUT2D eigenvalue weighted by Crippen LogP contribution is -2.10. The molecule has 1 heteroatoms. The molecular formula is C56H45N. The van der Waals surface area contributed by atoms with Crippen LogP contribution >= 0.6 is 0 Å². The summed E-state index contributed by atoms with van der Waals surface area (Å²) in [5.74, 6) is 0. The van der Waals surface area contributed by atoms with E-state index in [2.05, 4.69) is 231 Å². The fraction of sp³-hybridized carbons (Fsp3) is 0.0357. The molecule has 0 N–H and O–H groups in total. The summed E-state index contributed by atoms with van der Waals surface area (Å²) in [5.41, 5.74) is 15.7. The Kier molecular flexibility index (Phi) is 11.3. The van der Waals surface area contributed by atoms with Crippen molar-refractivity contribution in [3.8, 4) is 33.4 Å². The van der Waals surface area contributed by atoms with Gasteiger partial charge in [0.15, 0.2) is 0 Å². The van der Waals surface area contributed by atoms with E-state index in [1.165, 1.54) is 60.8 Å². The number of para-hydroxylation sites is 1. The molecule has 0 spiro atoms. The Morgan fingerprint density at radius 3 is 1.23 bits per heavy atom. The first-order chi connectivity index (χ1) is 28.1. The molecule has 0 aliphatic heterocycles. The molecule has 9 aromatic rings. The Balaban J connectivity index is 0.000000589. The number of anilines is 3. The molecule has 274 valence electrons. The van der Waals surface area contributed by atoms with E-state index in [1.807, 2.05) is 24.3 Å². The van der Waals surface area contributed by atoms with Gasteiger partial charge in [-0.3, -0.25) is 0 Å². The molecule has 0 amide bonds. The van der Waals surface area contributed by atoms with Gasteiger partial charge in [-0.05, 0) is 111 Å². The molecule has 0 bridgehead atoms. The molecule has 9 rings (SSSR count). The van der Waals surface area contributed by atoms with Gasteiger partial charge < -0.3 is 4.90 Å². The molecular weight excluding hydrogens is 687 g/mol. The zero-order chi connectivity index (χ0) is 38.8. The van der Waals surface area contributed by atoms with E-state index in [0.29, 0.717) is 0 Å². The molecule has 57 heavy (non-hydrogen) atoms. The van der Waals surface area contributed by atoms with Crippen molar-refractivity contribution in [3.63, 3.8) is 0 Å². The van der Waals surface area contributed by atoms with Crippen molar-refractivity contribution >= 4 is 40.0 Å². The Bertz CT molecular complexity index is 2690. The highest BCUT2D eigenvalue weighted by atomic mass is 15.1. The largest absolute Gasteiger partial charge is 0.310 e. The minimum absolute atomic E-state index is 1.10. The zero-order valence-corrected chi connectivity index (χ0v) is 32.5. The lowest BCUT2D eigenvalue weighted by Gasteiger charge is -2.27. The van der Waals surface area contributed by atoms with E-state index in [0.717, 1.165) is 22.6 Å². The summed E-state index contributed by atoms with van der Waals surface area (Å²) in [5, 5.41) is 2.46. The normalized spacial score (nSPS) is 10.9. The summed E-state index contributed by atoms with van der Waals surface area (Å²) >= 11 is 0. The zero-order valence-electron chi connectivity index (χ0n) is 32.5. The maximum Gasteiger partial charge on any atom is 0.0468 e. The van der Waals surface area contributed by atoms with Crippen LogP contribution in [0.1, 0.15) is 22.3 Å². The van der Waals surface area contributed by atoms with Crippen LogP contribution in [-0.4, -0.2) is 0 Å². The molecule has 0 aliphatic rings. The van der Waals surface area contributed by atoms with Gasteiger partial charge in [0.05, 0.1) is 0 Å². The topological polar surface area (TPSA) is 3.24 Å². The third-order valence-corrected chi connectivity index (χ3v) is 10.4. The molecule has 0 saturated heterocycles. The average molecular weight is 732 g/mol. The van der Waals surface area contributed by atoms with E-state index in [9.17, 15) is 0 Å². The maximum absolute atomic E-state index is 2.40. The summed E-state index contributed by atoms with van der Waals surface area (Å²) in [4.78, 5) is 2.36. The highest BCUT2D eigenvalue weighted by molar-refractivity contribution is 6.13. The van der Waals surface area contributed by atoms with Crippen molar-refractivity contribution in [1.82, 2.24) is 0 Å². The Hall–Kier alpha value is -7.22. The second-order valence-corrected chi connectivity index (χ2v) is 14.2. The molecule has 0 fully saturated rings. The molecule has 9 aromatic carbocycles. The summed E-state index contributed by atoms with van der Waals surface area (Å²) in [7, 11) is 0. The van der Waals surface area contributed by atoms with Crippen molar-refractivity contribution in [3.05, 3.63) is 247 Å². The van der Waals surface area contributed by atoms with Crippen LogP contribution in [0.2, 0.25) is 0 Å². The van der Waals surface area contributed by atoms with Crippen molar-refractivity contribution in [1.29, 1.82) is 0 Å². The summed E-state index contributed by atoms with van der Waals surface area (Å²) < 4.78 is 0. The lowest BCUT2D eigenvalue weighted by molar-refractivity contribution is 1.29. The third-order valence-electron chi connectivity index (χ3n) is 10.4. The first-order valence-corrected chi connectivity index (χ1v) is 19.6. The van der Waals surface area contributed by atoms with Crippen LogP contribution in [0.3, 0.4) is 0 Å². The van der Waals surface area contributed by atoms with Crippen LogP contribution in [0.25, 0.3) is 56.3 Å². The van der Waals surface area contributed by atoms with Crippen molar-refractivity contribution in [2.75, 3.05) is 4.90 Å². The predicted molar refractivity (Wildman–Crippen MR) is 246 cm³/mol. The third kappa shape index (κ3) is 8.39. The fourth-order valence-corrected chi connectivity index (χ4v) is 7.64. The van der Waals surface area contributed by atoms with Gasteiger partial charge in [-0.15, -0.1) is 0 Å². The molecule has 0 heterocycles. The van der Waals surface area contributed by atoms with Crippen LogP contribution in [0, 0.1) is 13.8 Å². The highest BCUT2D eigenvalue weighted by Crippen LogP contribution is 2.48. The molecule has 0 unspecified atom stereocenters. The summed E-state index contributed by atoms with van der Waals surface area (Å²) in [6.45, 7) is 4.37. The second kappa shape index (κ2) is 17.5. The van der Waals surface area contributed by atoms with Crippen molar-refractivity contribution in [2.24, 2.45) is 0 Å². The summed E-state index contributed by atoms with van der Waals surface area (Å²) in [6.07, 6.45) is 4.34. The fourth-order valence-electron chi connectivity index (χ4n) is 7.64. The van der Waals surface area contributed by atoms with Gasteiger partial charge in [0.1, 0.15) is 0 Å². The van der Waals surface area contributed by atoms with Gasteiger partial charge in [-0.25, -0.2) is 0 Å². The lowest BCUT2D eigenvalue weighted by atomic mass is 9.81. The number of benzene rings is 9. The number of aryl methyl sites for hydroxylation is 1. The van der Waals surface area contributed by atoms with Crippen LogP contribution < -0.4 is 4.90 Å². The smallest absolute Gasteiger partial charge is 0.0468 e. The number of nitrogens with zero attached hydrogens (tertiary/aromatic N) is 1. The SMILES string of the molecule is Cc1c(-c2ccccc2)c(-c2ccccc2)c2cc(N(c3ccccc3)c3ccc(/C=C/c4ccccc4)cc3)ccc2c1-c1ccccc1.Cc1ccccc1. The number of rotatable bonds is 8. The molecule has 0 aromatic heterocycles. The second-order valence-electron chi connectivity index (χ2n) is 14.2. The van der Waals surface area contributed by atoms with Gasteiger partial charge >= 0.3 is 0 Å². The number of hydrogen-bond donors (Lipinski definition) is 0. The van der Waals surface area contributed by atoms with Gasteiger partial charge in [-0.1, -0.05) is 206 Å².